The zero-order valence-electron chi connectivity index (χ0n) is 16.9. The Labute approximate surface area is 200 Å². The van der Waals surface area contributed by atoms with Crippen LogP contribution in [0.5, 0.6) is 0 Å². The summed E-state index contributed by atoms with van der Waals surface area (Å²) in [6.45, 7) is 4.21. The molecule has 1 fully saturated rings. The first-order chi connectivity index (χ1) is 15.3. The molecule has 1 N–H and O–H groups in total. The van der Waals surface area contributed by atoms with E-state index in [0.29, 0.717) is 17.0 Å². The highest BCUT2D eigenvalue weighted by molar-refractivity contribution is 8.02. The molecule has 1 heterocycles. The standard InChI is InChI=1S/C22H21Cl2FNO4PS/c1-2-32-21-7-5-17(23)13-16(21)14-20(31(28)29-10-3-11-30-31)22(27)26-9-8-15-4-6-19(25)18(24)12-15/h2,4-9,12-13,20H,1,3,10-11,14H2,(H,26,27)/b9-8+. The van der Waals surface area contributed by atoms with Gasteiger partial charge in [0.2, 0.25) is 5.91 Å². The second-order valence-electron chi connectivity index (χ2n) is 6.83. The van der Waals surface area contributed by atoms with Crippen molar-refractivity contribution in [2.24, 2.45) is 0 Å². The summed E-state index contributed by atoms with van der Waals surface area (Å²) in [6.07, 6.45) is 3.62. The Kier molecular flexibility index (Phi) is 9.00. The molecule has 3 rings (SSSR count). The lowest BCUT2D eigenvalue weighted by atomic mass is 10.1. The fourth-order valence-corrected chi connectivity index (χ4v) is 6.05. The van der Waals surface area contributed by atoms with Crippen molar-refractivity contribution in [3.63, 3.8) is 0 Å². The first-order valence-corrected chi connectivity index (χ1v) is 12.9. The number of thioether (sulfide) groups is 1. The molecule has 0 bridgehead atoms. The van der Waals surface area contributed by atoms with Gasteiger partial charge in [-0.05, 0) is 65.8 Å². The minimum atomic E-state index is -3.72. The molecule has 0 aromatic heterocycles. The molecule has 32 heavy (non-hydrogen) atoms. The first-order valence-electron chi connectivity index (χ1n) is 9.69. The average molecular weight is 516 g/mol. The monoisotopic (exact) mass is 515 g/mol. The number of carbonyl (C=O) groups is 1. The van der Waals surface area contributed by atoms with Crippen LogP contribution in [-0.2, 0) is 24.8 Å². The van der Waals surface area contributed by atoms with E-state index in [0.717, 1.165) is 10.5 Å². The van der Waals surface area contributed by atoms with E-state index in [1.54, 1.807) is 23.6 Å². The summed E-state index contributed by atoms with van der Waals surface area (Å²) in [5.74, 6) is -1.07. The van der Waals surface area contributed by atoms with Crippen LogP contribution in [0.15, 0.2) is 59.5 Å². The van der Waals surface area contributed by atoms with Crippen molar-refractivity contribution < 1.29 is 22.8 Å². The van der Waals surface area contributed by atoms with Crippen LogP contribution in [-0.4, -0.2) is 24.8 Å². The van der Waals surface area contributed by atoms with Gasteiger partial charge in [0.25, 0.3) is 0 Å². The molecular weight excluding hydrogens is 495 g/mol. The highest BCUT2D eigenvalue weighted by Gasteiger charge is 2.43. The van der Waals surface area contributed by atoms with Crippen molar-refractivity contribution in [2.45, 2.75) is 23.4 Å². The predicted molar refractivity (Wildman–Crippen MR) is 128 cm³/mol. The molecule has 0 aliphatic carbocycles. The van der Waals surface area contributed by atoms with Crippen molar-refractivity contribution in [1.82, 2.24) is 5.32 Å². The van der Waals surface area contributed by atoms with Crippen molar-refractivity contribution in [2.75, 3.05) is 13.2 Å². The van der Waals surface area contributed by atoms with Crippen LogP contribution in [0.1, 0.15) is 17.5 Å². The quantitative estimate of drug-likeness (QED) is 0.313. The van der Waals surface area contributed by atoms with Crippen LogP contribution in [0.4, 0.5) is 4.39 Å². The molecule has 170 valence electrons. The van der Waals surface area contributed by atoms with E-state index in [4.69, 9.17) is 32.2 Å². The van der Waals surface area contributed by atoms with E-state index in [1.807, 2.05) is 6.07 Å². The summed E-state index contributed by atoms with van der Waals surface area (Å²) < 4.78 is 37.7. The van der Waals surface area contributed by atoms with E-state index < -0.39 is 25.0 Å². The smallest absolute Gasteiger partial charge is 0.332 e. The number of rotatable bonds is 8. The third kappa shape index (κ3) is 6.47. The highest BCUT2D eigenvalue weighted by Crippen LogP contribution is 2.56. The van der Waals surface area contributed by atoms with Gasteiger partial charge >= 0.3 is 7.60 Å². The predicted octanol–water partition coefficient (Wildman–Crippen LogP) is 6.70. The zero-order chi connectivity index (χ0) is 23.1. The van der Waals surface area contributed by atoms with Gasteiger partial charge in [0, 0.05) is 16.1 Å². The number of carbonyl (C=O) groups excluding carboxylic acids is 1. The zero-order valence-corrected chi connectivity index (χ0v) is 20.2. The molecule has 0 radical (unpaired) electrons. The van der Waals surface area contributed by atoms with Gasteiger partial charge in [0.15, 0.2) is 0 Å². The Morgan fingerprint density at radius 3 is 2.69 bits per heavy atom. The molecule has 1 unspecified atom stereocenters. The number of amides is 1. The summed E-state index contributed by atoms with van der Waals surface area (Å²) in [5, 5.41) is 4.75. The van der Waals surface area contributed by atoms with Gasteiger partial charge in [0.05, 0.1) is 18.2 Å². The van der Waals surface area contributed by atoms with Gasteiger partial charge in [-0.25, -0.2) is 4.39 Å². The molecule has 2 aromatic carbocycles. The minimum absolute atomic E-state index is 0.0296. The van der Waals surface area contributed by atoms with Crippen molar-refractivity contribution in [3.05, 3.63) is 81.6 Å². The van der Waals surface area contributed by atoms with E-state index >= 15 is 0 Å². The van der Waals surface area contributed by atoms with Crippen LogP contribution in [0.25, 0.3) is 6.08 Å². The maximum Gasteiger partial charge on any atom is 0.343 e. The number of hydrogen-bond donors (Lipinski definition) is 1. The molecule has 0 saturated carbocycles. The van der Waals surface area contributed by atoms with Crippen molar-refractivity contribution in [1.29, 1.82) is 0 Å². The Morgan fingerprint density at radius 2 is 2.00 bits per heavy atom. The van der Waals surface area contributed by atoms with Crippen LogP contribution < -0.4 is 5.32 Å². The Morgan fingerprint density at radius 1 is 1.25 bits per heavy atom. The molecule has 0 spiro atoms. The van der Waals surface area contributed by atoms with Gasteiger partial charge in [-0.1, -0.05) is 47.6 Å². The van der Waals surface area contributed by atoms with Crippen LogP contribution >= 0.6 is 42.6 Å². The largest absolute Gasteiger partial charge is 0.343 e. The topological polar surface area (TPSA) is 64.6 Å². The molecule has 1 saturated heterocycles. The Bertz CT molecular complexity index is 1070. The van der Waals surface area contributed by atoms with Crippen molar-refractivity contribution in [3.8, 4) is 0 Å². The van der Waals surface area contributed by atoms with E-state index in [1.165, 1.54) is 36.2 Å². The normalized spacial score (nSPS) is 16.6. The second kappa shape index (κ2) is 11.5. The Hall–Kier alpha value is -1.60. The molecule has 2 aromatic rings. The Balaban J connectivity index is 1.84. The third-order valence-electron chi connectivity index (χ3n) is 4.61. The number of benzene rings is 2. The van der Waals surface area contributed by atoms with Crippen LogP contribution in [0.2, 0.25) is 10.0 Å². The summed E-state index contributed by atoms with van der Waals surface area (Å²) in [7, 11) is -3.72. The molecule has 1 aliphatic rings. The number of hydrogen-bond acceptors (Lipinski definition) is 5. The van der Waals surface area contributed by atoms with Gasteiger partial charge in [-0.15, -0.1) is 0 Å². The van der Waals surface area contributed by atoms with Gasteiger partial charge in [-0.2, -0.15) is 0 Å². The lowest BCUT2D eigenvalue weighted by Crippen LogP contribution is -2.35. The fourth-order valence-electron chi connectivity index (χ4n) is 3.06. The average Bonchev–Trinajstić information content (AvgIpc) is 2.76. The van der Waals surface area contributed by atoms with Crippen LogP contribution in [0.3, 0.4) is 0 Å². The van der Waals surface area contributed by atoms with Gasteiger partial charge in [0.1, 0.15) is 11.5 Å². The SMILES string of the molecule is C=CSc1ccc(Cl)cc1CC(C(=O)N/C=C/c1ccc(F)c(Cl)c1)P1(=O)OCCCO1. The lowest BCUT2D eigenvalue weighted by Gasteiger charge is -2.29. The lowest BCUT2D eigenvalue weighted by molar-refractivity contribution is -0.120. The molecule has 1 amide bonds. The summed E-state index contributed by atoms with van der Waals surface area (Å²) >= 11 is 13.3. The van der Waals surface area contributed by atoms with E-state index in [-0.39, 0.29) is 24.7 Å². The molecule has 1 aliphatic heterocycles. The first kappa shape index (κ1) is 25.0. The fraction of sp³-hybridized carbons (Fsp3) is 0.227. The maximum absolute atomic E-state index is 13.4. The van der Waals surface area contributed by atoms with Gasteiger partial charge < -0.3 is 14.4 Å². The molecular formula is C22H21Cl2FNO4PS. The second-order valence-corrected chi connectivity index (χ2v) is 10.9. The molecule has 5 nitrogen and oxygen atoms in total. The highest BCUT2D eigenvalue weighted by atomic mass is 35.5. The maximum atomic E-state index is 13.4. The summed E-state index contributed by atoms with van der Waals surface area (Å²) in [4.78, 5) is 13.9. The van der Waals surface area contributed by atoms with E-state index in [9.17, 15) is 13.8 Å². The number of halogens is 3. The molecule has 10 heteroatoms. The summed E-state index contributed by atoms with van der Waals surface area (Å²) in [5.41, 5.74) is 0.223. The van der Waals surface area contributed by atoms with Crippen molar-refractivity contribution >= 4 is 54.5 Å². The third-order valence-corrected chi connectivity index (χ3v) is 8.22. The molecule has 1 atom stereocenters. The summed E-state index contributed by atoms with van der Waals surface area (Å²) in [6, 6.07) is 9.44. The van der Waals surface area contributed by atoms with Gasteiger partial charge in [-0.3, -0.25) is 9.36 Å². The number of nitrogens with one attached hydrogen (secondary N) is 1. The van der Waals surface area contributed by atoms with Crippen LogP contribution in [0, 0.1) is 5.82 Å². The van der Waals surface area contributed by atoms with E-state index in [2.05, 4.69) is 11.9 Å². The minimum Gasteiger partial charge on any atom is -0.332 e.